The molecule has 10 nitrogen and oxygen atoms in total. The molecule has 0 bridgehead atoms. The van der Waals surface area contributed by atoms with Crippen LogP contribution in [0.2, 0.25) is 0 Å². The van der Waals surface area contributed by atoms with E-state index in [0.29, 0.717) is 43.1 Å². The molecule has 4 amide bonds. The number of benzene rings is 2. The zero-order valence-electron chi connectivity index (χ0n) is 19.4. The molecule has 7 N–H and O–H groups in total. The third-order valence-corrected chi connectivity index (χ3v) is 5.60. The van der Waals surface area contributed by atoms with Gasteiger partial charge in [-0.15, -0.1) is 0 Å². The predicted molar refractivity (Wildman–Crippen MR) is 126 cm³/mol. The number of rotatable bonds is 8. The fourth-order valence-corrected chi connectivity index (χ4v) is 3.92. The first-order chi connectivity index (χ1) is 17.0. The Hall–Kier alpha value is -4.00. The Kier molecular flexibility index (Phi) is 8.25. The Morgan fingerprint density at radius 1 is 1.17 bits per heavy atom. The van der Waals surface area contributed by atoms with Gasteiger partial charge in [-0.1, -0.05) is 6.07 Å². The number of primary amides is 1. The second-order valence-corrected chi connectivity index (χ2v) is 8.29. The van der Waals surface area contributed by atoms with E-state index in [1.54, 1.807) is 6.07 Å². The van der Waals surface area contributed by atoms with E-state index in [4.69, 9.17) is 16.2 Å². The standard InChI is InChI=1S/C23H27F3N6O4/c1-36-19-5-2-13(8-17(19)27)11-32-7-6-15(12-32)30-20(33)10-29-21(34)16-9-14(23(24,25)26)3-4-18(16)31-22(28)35/h2-5,8-9,15H,6-7,10-12,27H2,1H3,(H,29,34)(H,30,33)(H3,28,31,35)/t15-/m1/s1. The van der Waals surface area contributed by atoms with Gasteiger partial charge >= 0.3 is 12.2 Å². The predicted octanol–water partition coefficient (Wildman–Crippen LogP) is 1.91. The highest BCUT2D eigenvalue weighted by atomic mass is 19.4. The number of hydrogen-bond donors (Lipinski definition) is 5. The van der Waals surface area contributed by atoms with Crippen molar-refractivity contribution in [3.05, 3.63) is 53.1 Å². The van der Waals surface area contributed by atoms with E-state index >= 15 is 0 Å². The number of alkyl halides is 3. The number of carbonyl (C=O) groups is 3. The van der Waals surface area contributed by atoms with Gasteiger partial charge in [-0.05, 0) is 42.3 Å². The molecule has 36 heavy (non-hydrogen) atoms. The van der Waals surface area contributed by atoms with Gasteiger partial charge in [0.25, 0.3) is 5.91 Å². The van der Waals surface area contributed by atoms with Crippen LogP contribution >= 0.6 is 0 Å². The minimum absolute atomic E-state index is 0.161. The number of ether oxygens (including phenoxy) is 1. The van der Waals surface area contributed by atoms with Crippen molar-refractivity contribution in [2.75, 3.05) is 37.8 Å². The zero-order valence-corrected chi connectivity index (χ0v) is 19.4. The smallest absolute Gasteiger partial charge is 0.416 e. The van der Waals surface area contributed by atoms with Crippen LogP contribution in [0.1, 0.15) is 27.9 Å². The number of amides is 4. The number of likely N-dealkylation sites (tertiary alicyclic amines) is 1. The number of nitrogens with two attached hydrogens (primary N) is 2. The Morgan fingerprint density at radius 3 is 2.56 bits per heavy atom. The number of carbonyl (C=O) groups excluding carboxylic acids is 3. The van der Waals surface area contributed by atoms with E-state index in [1.165, 1.54) is 7.11 Å². The average Bonchev–Trinajstić information content (AvgIpc) is 3.23. The normalized spacial score (nSPS) is 15.8. The molecule has 1 atom stereocenters. The molecule has 3 rings (SSSR count). The average molecular weight is 509 g/mol. The Bertz CT molecular complexity index is 1140. The molecular formula is C23H27F3N6O4. The number of nitrogen functional groups attached to an aromatic ring is 1. The van der Waals surface area contributed by atoms with Gasteiger partial charge in [-0.25, -0.2) is 4.79 Å². The summed E-state index contributed by atoms with van der Waals surface area (Å²) >= 11 is 0. The van der Waals surface area contributed by atoms with Crippen LogP contribution in [0.5, 0.6) is 5.75 Å². The van der Waals surface area contributed by atoms with E-state index in [-0.39, 0.29) is 11.7 Å². The van der Waals surface area contributed by atoms with Gasteiger partial charge in [0.05, 0.1) is 36.2 Å². The molecule has 0 aliphatic carbocycles. The molecule has 0 saturated carbocycles. The summed E-state index contributed by atoms with van der Waals surface area (Å²) in [6.45, 7) is 1.47. The molecule has 0 radical (unpaired) electrons. The molecule has 0 unspecified atom stereocenters. The monoisotopic (exact) mass is 508 g/mol. The zero-order chi connectivity index (χ0) is 26.5. The van der Waals surface area contributed by atoms with Gasteiger partial charge in [0.1, 0.15) is 5.75 Å². The van der Waals surface area contributed by atoms with Gasteiger partial charge in [0.2, 0.25) is 5.91 Å². The molecule has 0 aromatic heterocycles. The third-order valence-electron chi connectivity index (χ3n) is 5.60. The maximum Gasteiger partial charge on any atom is 0.416 e. The molecule has 1 aliphatic rings. The quantitative estimate of drug-likeness (QED) is 0.344. The minimum Gasteiger partial charge on any atom is -0.495 e. The van der Waals surface area contributed by atoms with E-state index in [9.17, 15) is 27.6 Å². The number of halogens is 3. The SMILES string of the molecule is COc1ccc(CN2CC[C@@H](NC(=O)CNC(=O)c3cc(C(F)(F)F)ccc3NC(N)=O)C2)cc1N. The van der Waals surface area contributed by atoms with Gasteiger partial charge in [0.15, 0.2) is 0 Å². The summed E-state index contributed by atoms with van der Waals surface area (Å²) in [5.41, 5.74) is 10.7. The third kappa shape index (κ3) is 7.01. The van der Waals surface area contributed by atoms with Crippen LogP contribution in [0.4, 0.5) is 29.3 Å². The number of methoxy groups -OCH3 is 1. The number of nitrogens with zero attached hydrogens (tertiary/aromatic N) is 1. The molecule has 2 aromatic rings. The number of nitrogens with one attached hydrogen (secondary N) is 3. The lowest BCUT2D eigenvalue weighted by molar-refractivity contribution is -0.137. The molecular weight excluding hydrogens is 481 g/mol. The van der Waals surface area contributed by atoms with Gasteiger partial charge in [0, 0.05) is 25.7 Å². The molecule has 194 valence electrons. The van der Waals surface area contributed by atoms with Crippen molar-refractivity contribution in [1.82, 2.24) is 15.5 Å². The summed E-state index contributed by atoms with van der Waals surface area (Å²) in [4.78, 5) is 38.2. The molecule has 1 aliphatic heterocycles. The summed E-state index contributed by atoms with van der Waals surface area (Å²) in [5, 5.41) is 7.19. The van der Waals surface area contributed by atoms with Crippen LogP contribution in [0.15, 0.2) is 36.4 Å². The van der Waals surface area contributed by atoms with Crippen molar-refractivity contribution in [2.45, 2.75) is 25.2 Å². The molecule has 0 spiro atoms. The lowest BCUT2D eigenvalue weighted by atomic mass is 10.1. The fourth-order valence-electron chi connectivity index (χ4n) is 3.92. The molecule has 13 heteroatoms. The van der Waals surface area contributed by atoms with E-state index in [2.05, 4.69) is 20.9 Å². The van der Waals surface area contributed by atoms with Gasteiger partial charge in [-0.2, -0.15) is 13.2 Å². The van der Waals surface area contributed by atoms with Gasteiger partial charge in [-0.3, -0.25) is 14.5 Å². The van der Waals surface area contributed by atoms with Crippen molar-refractivity contribution in [3.8, 4) is 5.75 Å². The molecule has 2 aromatic carbocycles. The Labute approximate surface area is 205 Å². The Morgan fingerprint density at radius 2 is 1.92 bits per heavy atom. The Balaban J connectivity index is 1.54. The van der Waals surface area contributed by atoms with Crippen LogP contribution < -0.4 is 32.2 Å². The first-order valence-electron chi connectivity index (χ1n) is 11.0. The lowest BCUT2D eigenvalue weighted by Gasteiger charge is -2.18. The summed E-state index contributed by atoms with van der Waals surface area (Å²) in [5.74, 6) is -0.875. The molecule has 1 heterocycles. The molecule has 1 fully saturated rings. The first-order valence-corrected chi connectivity index (χ1v) is 11.0. The minimum atomic E-state index is -4.70. The van der Waals surface area contributed by atoms with Crippen molar-refractivity contribution in [3.63, 3.8) is 0 Å². The maximum absolute atomic E-state index is 13.1. The summed E-state index contributed by atoms with van der Waals surface area (Å²) in [7, 11) is 1.54. The lowest BCUT2D eigenvalue weighted by Crippen LogP contribution is -2.43. The van der Waals surface area contributed by atoms with Crippen LogP contribution in [0, 0.1) is 0 Å². The summed E-state index contributed by atoms with van der Waals surface area (Å²) < 4.78 is 44.4. The van der Waals surface area contributed by atoms with Crippen molar-refractivity contribution in [2.24, 2.45) is 5.73 Å². The topological polar surface area (TPSA) is 152 Å². The summed E-state index contributed by atoms with van der Waals surface area (Å²) in [6, 6.07) is 6.53. The van der Waals surface area contributed by atoms with E-state index < -0.39 is 41.7 Å². The van der Waals surface area contributed by atoms with Crippen LogP contribution in [0.25, 0.3) is 0 Å². The highest BCUT2D eigenvalue weighted by Crippen LogP contribution is 2.32. The van der Waals surface area contributed by atoms with Crippen LogP contribution in [-0.4, -0.2) is 55.5 Å². The second-order valence-electron chi connectivity index (χ2n) is 8.29. The maximum atomic E-state index is 13.1. The highest BCUT2D eigenvalue weighted by Gasteiger charge is 2.32. The number of hydrogen-bond acceptors (Lipinski definition) is 6. The molecule has 1 saturated heterocycles. The van der Waals surface area contributed by atoms with E-state index in [0.717, 1.165) is 18.2 Å². The van der Waals surface area contributed by atoms with E-state index in [1.807, 2.05) is 12.1 Å². The van der Waals surface area contributed by atoms with Crippen LogP contribution in [-0.2, 0) is 17.5 Å². The van der Waals surface area contributed by atoms with Crippen LogP contribution in [0.3, 0.4) is 0 Å². The van der Waals surface area contributed by atoms with Crippen molar-refractivity contribution >= 4 is 29.2 Å². The fraction of sp³-hybridized carbons (Fsp3) is 0.348. The first kappa shape index (κ1) is 26.6. The van der Waals surface area contributed by atoms with Crippen molar-refractivity contribution < 1.29 is 32.3 Å². The highest BCUT2D eigenvalue weighted by molar-refractivity contribution is 6.04. The largest absolute Gasteiger partial charge is 0.495 e. The van der Waals surface area contributed by atoms with Crippen molar-refractivity contribution in [1.29, 1.82) is 0 Å². The number of urea groups is 1. The van der Waals surface area contributed by atoms with Gasteiger partial charge < -0.3 is 32.2 Å². The summed E-state index contributed by atoms with van der Waals surface area (Å²) in [6.07, 6.45) is -4.02. The second kappa shape index (κ2) is 11.2. The number of anilines is 2.